The number of rotatable bonds is 6. The Morgan fingerprint density at radius 1 is 1.12 bits per heavy atom. The molecule has 0 aliphatic carbocycles. The molecule has 0 N–H and O–H groups in total. The zero-order valence-corrected chi connectivity index (χ0v) is 13.9. The molecule has 0 radical (unpaired) electrons. The molecule has 25 heavy (non-hydrogen) atoms. The normalized spacial score (nSPS) is 10.4. The summed E-state index contributed by atoms with van der Waals surface area (Å²) in [5.74, 6) is 0.519. The zero-order chi connectivity index (χ0) is 17.5. The lowest BCUT2D eigenvalue weighted by atomic mass is 10.1. The summed E-state index contributed by atoms with van der Waals surface area (Å²) in [6.07, 6.45) is 1.99. The van der Waals surface area contributed by atoms with E-state index >= 15 is 0 Å². The van der Waals surface area contributed by atoms with Crippen molar-refractivity contribution in [2.24, 2.45) is 0 Å². The number of nitrogens with zero attached hydrogens (tertiary/aromatic N) is 5. The largest absolute Gasteiger partial charge is 0.419 e. The van der Waals surface area contributed by atoms with Gasteiger partial charge in [-0.05, 0) is 53.6 Å². The Morgan fingerprint density at radius 2 is 1.88 bits per heavy atom. The molecule has 0 spiro atoms. The summed E-state index contributed by atoms with van der Waals surface area (Å²) in [7, 11) is 0. The number of benzene rings is 2. The van der Waals surface area contributed by atoms with Crippen LogP contribution in [0.25, 0.3) is 0 Å². The number of hydrogen-bond donors (Lipinski definition) is 0. The average Bonchev–Trinajstić information content (AvgIpc) is 3.16. The van der Waals surface area contributed by atoms with Crippen molar-refractivity contribution in [3.63, 3.8) is 0 Å². The van der Waals surface area contributed by atoms with E-state index in [1.165, 1.54) is 0 Å². The third-order valence-electron chi connectivity index (χ3n) is 3.75. The van der Waals surface area contributed by atoms with Crippen molar-refractivity contribution in [3.8, 4) is 5.75 Å². The molecule has 0 aliphatic heterocycles. The van der Waals surface area contributed by atoms with Crippen LogP contribution >= 0.6 is 0 Å². The zero-order valence-electron chi connectivity index (χ0n) is 13.9. The molecule has 1 aromatic heterocycles. The Balaban J connectivity index is 1.59. The lowest BCUT2D eigenvalue weighted by Crippen LogP contribution is -2.33. The molecular weight excluding hydrogens is 318 g/mol. The van der Waals surface area contributed by atoms with Gasteiger partial charge in [-0.3, -0.25) is 4.90 Å². The second-order valence-corrected chi connectivity index (χ2v) is 5.41. The summed E-state index contributed by atoms with van der Waals surface area (Å²) in [6, 6.07) is 16.9. The highest BCUT2D eigenvalue weighted by molar-refractivity contribution is 5.89. The maximum Gasteiger partial charge on any atom is 0.419 e. The standard InChI is InChI=1S/C18H19N5O2/c1-2-23(16-6-4-3-5-7-16)18(24)25-17-10-8-15(9-11-17)12-13-22-14-19-20-21-22/h3-11,14H,2,12-13H2,1H3. The third-order valence-corrected chi connectivity index (χ3v) is 3.75. The lowest BCUT2D eigenvalue weighted by Gasteiger charge is -2.20. The van der Waals surface area contributed by atoms with E-state index in [9.17, 15) is 4.79 Å². The van der Waals surface area contributed by atoms with Crippen LogP contribution in [0, 0.1) is 0 Å². The van der Waals surface area contributed by atoms with Gasteiger partial charge in [0.25, 0.3) is 0 Å². The first-order chi connectivity index (χ1) is 12.3. The predicted molar refractivity (Wildman–Crippen MR) is 93.4 cm³/mol. The van der Waals surface area contributed by atoms with Crippen molar-refractivity contribution in [3.05, 3.63) is 66.5 Å². The Labute approximate surface area is 145 Å². The first-order valence-electron chi connectivity index (χ1n) is 8.10. The minimum Gasteiger partial charge on any atom is -0.410 e. The van der Waals surface area contributed by atoms with Crippen LogP contribution < -0.4 is 9.64 Å². The van der Waals surface area contributed by atoms with E-state index in [1.807, 2.05) is 49.4 Å². The van der Waals surface area contributed by atoms with Gasteiger partial charge in [0.2, 0.25) is 0 Å². The Morgan fingerprint density at radius 3 is 2.52 bits per heavy atom. The maximum absolute atomic E-state index is 12.4. The average molecular weight is 337 g/mol. The van der Waals surface area contributed by atoms with Crippen LogP contribution in [-0.2, 0) is 13.0 Å². The second-order valence-electron chi connectivity index (χ2n) is 5.41. The Bertz CT molecular complexity index is 788. The Kier molecular flexibility index (Phi) is 5.36. The molecule has 0 fully saturated rings. The van der Waals surface area contributed by atoms with Crippen molar-refractivity contribution in [1.82, 2.24) is 20.2 Å². The van der Waals surface area contributed by atoms with Crippen LogP contribution in [0.5, 0.6) is 5.75 Å². The summed E-state index contributed by atoms with van der Waals surface area (Å²) < 4.78 is 7.15. The van der Waals surface area contributed by atoms with Crippen LogP contribution in [0.3, 0.4) is 0 Å². The van der Waals surface area contributed by atoms with Crippen molar-refractivity contribution in [2.45, 2.75) is 19.9 Å². The van der Waals surface area contributed by atoms with Gasteiger partial charge in [0, 0.05) is 18.8 Å². The van der Waals surface area contributed by atoms with Gasteiger partial charge in [0.1, 0.15) is 12.1 Å². The minimum atomic E-state index is -0.393. The lowest BCUT2D eigenvalue weighted by molar-refractivity contribution is 0.208. The predicted octanol–water partition coefficient (Wildman–Crippen LogP) is 2.94. The topological polar surface area (TPSA) is 73.1 Å². The molecule has 0 bridgehead atoms. The molecule has 7 heteroatoms. The van der Waals surface area contributed by atoms with E-state index in [-0.39, 0.29) is 0 Å². The van der Waals surface area contributed by atoms with Gasteiger partial charge in [-0.2, -0.15) is 0 Å². The number of carbonyl (C=O) groups excluding carboxylic acids is 1. The summed E-state index contributed by atoms with van der Waals surface area (Å²) in [5.41, 5.74) is 1.93. The fourth-order valence-electron chi connectivity index (χ4n) is 2.43. The number of aromatic nitrogens is 4. The van der Waals surface area contributed by atoms with E-state index in [4.69, 9.17) is 4.74 Å². The molecule has 0 saturated carbocycles. The van der Waals surface area contributed by atoms with Crippen LogP contribution in [0.2, 0.25) is 0 Å². The number of carbonyl (C=O) groups is 1. The molecule has 1 amide bonds. The van der Waals surface area contributed by atoms with Crippen molar-refractivity contribution in [2.75, 3.05) is 11.4 Å². The first kappa shape index (κ1) is 16.6. The fourth-order valence-corrected chi connectivity index (χ4v) is 2.43. The molecule has 2 aromatic carbocycles. The quantitative estimate of drug-likeness (QED) is 0.691. The van der Waals surface area contributed by atoms with Crippen LogP contribution in [0.4, 0.5) is 10.5 Å². The highest BCUT2D eigenvalue weighted by Gasteiger charge is 2.15. The SMILES string of the molecule is CCN(C(=O)Oc1ccc(CCn2cnnn2)cc1)c1ccccc1. The van der Waals surface area contributed by atoms with E-state index in [2.05, 4.69) is 15.5 Å². The number of ether oxygens (including phenoxy) is 1. The third kappa shape index (κ3) is 4.41. The van der Waals surface area contributed by atoms with Crippen molar-refractivity contribution >= 4 is 11.8 Å². The summed E-state index contributed by atoms with van der Waals surface area (Å²) >= 11 is 0. The van der Waals surface area contributed by atoms with Gasteiger partial charge in [-0.25, -0.2) is 9.48 Å². The molecule has 1 heterocycles. The van der Waals surface area contributed by atoms with Gasteiger partial charge < -0.3 is 4.74 Å². The van der Waals surface area contributed by atoms with E-state index < -0.39 is 6.09 Å². The van der Waals surface area contributed by atoms with E-state index in [0.29, 0.717) is 18.8 Å². The number of tetrazole rings is 1. The minimum absolute atomic E-state index is 0.393. The summed E-state index contributed by atoms with van der Waals surface area (Å²) in [5, 5.41) is 11.0. The second kappa shape index (κ2) is 8.05. The number of para-hydroxylation sites is 1. The molecule has 0 saturated heterocycles. The highest BCUT2D eigenvalue weighted by atomic mass is 16.6. The number of amides is 1. The number of aryl methyl sites for hydroxylation is 2. The van der Waals surface area contributed by atoms with Gasteiger partial charge in [0.15, 0.2) is 0 Å². The maximum atomic E-state index is 12.4. The van der Waals surface area contributed by atoms with Crippen LogP contribution in [0.15, 0.2) is 60.9 Å². The van der Waals surface area contributed by atoms with Crippen molar-refractivity contribution in [1.29, 1.82) is 0 Å². The molecule has 0 aliphatic rings. The molecule has 128 valence electrons. The smallest absolute Gasteiger partial charge is 0.410 e. The summed E-state index contributed by atoms with van der Waals surface area (Å²) in [6.45, 7) is 3.15. The first-order valence-corrected chi connectivity index (χ1v) is 8.10. The van der Waals surface area contributed by atoms with Gasteiger partial charge in [-0.1, -0.05) is 30.3 Å². The van der Waals surface area contributed by atoms with Gasteiger partial charge >= 0.3 is 6.09 Å². The number of hydrogen-bond acceptors (Lipinski definition) is 5. The van der Waals surface area contributed by atoms with Gasteiger partial charge in [-0.15, -0.1) is 5.10 Å². The highest BCUT2D eigenvalue weighted by Crippen LogP contribution is 2.18. The molecule has 3 aromatic rings. The molecule has 0 atom stereocenters. The fraction of sp³-hybridized carbons (Fsp3) is 0.222. The van der Waals surface area contributed by atoms with E-state index in [0.717, 1.165) is 17.7 Å². The molecule has 0 unspecified atom stereocenters. The number of anilines is 1. The van der Waals surface area contributed by atoms with E-state index in [1.54, 1.807) is 28.0 Å². The Hall–Kier alpha value is -3.22. The van der Waals surface area contributed by atoms with Gasteiger partial charge in [0.05, 0.1) is 0 Å². The van der Waals surface area contributed by atoms with Crippen molar-refractivity contribution < 1.29 is 9.53 Å². The van der Waals surface area contributed by atoms with Crippen LogP contribution in [-0.4, -0.2) is 32.8 Å². The van der Waals surface area contributed by atoms with Crippen LogP contribution in [0.1, 0.15) is 12.5 Å². The molecule has 3 rings (SSSR count). The molecular formula is C18H19N5O2. The summed E-state index contributed by atoms with van der Waals surface area (Å²) in [4.78, 5) is 14.0. The molecule has 7 nitrogen and oxygen atoms in total. The monoisotopic (exact) mass is 337 g/mol.